The van der Waals surface area contributed by atoms with Crippen molar-refractivity contribution in [3.05, 3.63) is 54.0 Å². The molecule has 0 spiro atoms. The molecule has 1 atom stereocenters. The number of carbonyl (C=O) groups excluding carboxylic acids is 1. The first-order valence-corrected chi connectivity index (χ1v) is 7.49. The predicted molar refractivity (Wildman–Crippen MR) is 85.6 cm³/mol. The SMILES string of the molecule is CC(Oc1ccccc1C#N)C(=O)N(CCC#N)Cc1ccco1. The minimum atomic E-state index is -0.784. The van der Waals surface area contributed by atoms with Crippen LogP contribution in [-0.2, 0) is 11.3 Å². The van der Waals surface area contributed by atoms with E-state index in [2.05, 4.69) is 0 Å². The predicted octanol–water partition coefficient (Wildman–Crippen LogP) is 2.86. The first-order valence-electron chi connectivity index (χ1n) is 7.49. The smallest absolute Gasteiger partial charge is 0.263 e. The molecule has 0 aliphatic carbocycles. The van der Waals surface area contributed by atoms with Gasteiger partial charge in [0.2, 0.25) is 0 Å². The van der Waals surface area contributed by atoms with Crippen molar-refractivity contribution < 1.29 is 13.9 Å². The van der Waals surface area contributed by atoms with E-state index in [9.17, 15) is 4.79 Å². The van der Waals surface area contributed by atoms with Crippen LogP contribution in [0.25, 0.3) is 0 Å². The summed E-state index contributed by atoms with van der Waals surface area (Å²) >= 11 is 0. The summed E-state index contributed by atoms with van der Waals surface area (Å²) in [5, 5.41) is 17.9. The van der Waals surface area contributed by atoms with Crippen LogP contribution in [0.15, 0.2) is 47.1 Å². The molecule has 0 aliphatic heterocycles. The van der Waals surface area contributed by atoms with Crippen molar-refractivity contribution >= 4 is 5.91 Å². The second-order valence-electron chi connectivity index (χ2n) is 5.12. The van der Waals surface area contributed by atoms with E-state index in [1.54, 1.807) is 43.3 Å². The number of furan rings is 1. The van der Waals surface area contributed by atoms with Crippen molar-refractivity contribution in [2.75, 3.05) is 6.54 Å². The summed E-state index contributed by atoms with van der Waals surface area (Å²) in [7, 11) is 0. The van der Waals surface area contributed by atoms with Gasteiger partial charge in [0.15, 0.2) is 6.10 Å². The highest BCUT2D eigenvalue weighted by Crippen LogP contribution is 2.19. The van der Waals surface area contributed by atoms with E-state index in [-0.39, 0.29) is 25.4 Å². The Kier molecular flexibility index (Phi) is 5.99. The second-order valence-corrected chi connectivity index (χ2v) is 5.12. The van der Waals surface area contributed by atoms with Crippen molar-refractivity contribution in [3.63, 3.8) is 0 Å². The van der Waals surface area contributed by atoms with Crippen molar-refractivity contribution in [2.45, 2.75) is 26.0 Å². The van der Waals surface area contributed by atoms with Gasteiger partial charge in [-0.15, -0.1) is 0 Å². The molecule has 6 heteroatoms. The van der Waals surface area contributed by atoms with E-state index in [1.807, 2.05) is 12.1 Å². The maximum atomic E-state index is 12.6. The zero-order chi connectivity index (χ0) is 17.4. The number of amides is 1. The largest absolute Gasteiger partial charge is 0.480 e. The molecule has 0 N–H and O–H groups in total. The minimum absolute atomic E-state index is 0.216. The number of hydrogen-bond donors (Lipinski definition) is 0. The fraction of sp³-hybridized carbons (Fsp3) is 0.278. The average Bonchev–Trinajstić information content (AvgIpc) is 3.11. The van der Waals surface area contributed by atoms with Crippen LogP contribution in [0.2, 0.25) is 0 Å². The number of nitriles is 2. The Bertz CT molecular complexity index is 757. The van der Waals surface area contributed by atoms with Gasteiger partial charge in [0.25, 0.3) is 5.91 Å². The number of para-hydroxylation sites is 1. The highest BCUT2D eigenvalue weighted by atomic mass is 16.5. The fourth-order valence-electron chi connectivity index (χ4n) is 2.20. The highest BCUT2D eigenvalue weighted by Gasteiger charge is 2.23. The summed E-state index contributed by atoms with van der Waals surface area (Å²) in [5.74, 6) is 0.722. The van der Waals surface area contributed by atoms with Gasteiger partial charge in [0.1, 0.15) is 17.6 Å². The summed E-state index contributed by atoms with van der Waals surface area (Å²) in [5.41, 5.74) is 0.367. The zero-order valence-corrected chi connectivity index (χ0v) is 13.3. The van der Waals surface area contributed by atoms with Gasteiger partial charge in [0, 0.05) is 6.54 Å². The van der Waals surface area contributed by atoms with E-state index in [4.69, 9.17) is 19.7 Å². The zero-order valence-electron chi connectivity index (χ0n) is 13.3. The Labute approximate surface area is 140 Å². The topological polar surface area (TPSA) is 90.3 Å². The summed E-state index contributed by atoms with van der Waals surface area (Å²) in [4.78, 5) is 14.2. The molecule has 0 saturated carbocycles. The van der Waals surface area contributed by atoms with Gasteiger partial charge in [-0.05, 0) is 31.2 Å². The molecule has 0 radical (unpaired) electrons. The first-order chi connectivity index (χ1) is 11.7. The van der Waals surface area contributed by atoms with Crippen molar-refractivity contribution in [1.29, 1.82) is 10.5 Å². The molecular formula is C18H17N3O3. The lowest BCUT2D eigenvalue weighted by Gasteiger charge is -2.24. The normalized spacial score (nSPS) is 11.1. The van der Waals surface area contributed by atoms with Crippen molar-refractivity contribution in [3.8, 4) is 17.9 Å². The van der Waals surface area contributed by atoms with Crippen molar-refractivity contribution in [2.24, 2.45) is 0 Å². The number of hydrogen-bond acceptors (Lipinski definition) is 5. The lowest BCUT2D eigenvalue weighted by atomic mass is 10.2. The molecule has 0 bridgehead atoms. The van der Waals surface area contributed by atoms with Gasteiger partial charge in [-0.25, -0.2) is 0 Å². The molecule has 2 aromatic rings. The van der Waals surface area contributed by atoms with Gasteiger partial charge < -0.3 is 14.1 Å². The molecule has 1 aromatic heterocycles. The van der Waals surface area contributed by atoms with Crippen LogP contribution in [0, 0.1) is 22.7 Å². The summed E-state index contributed by atoms with van der Waals surface area (Å²) in [6, 6.07) is 14.3. The highest BCUT2D eigenvalue weighted by molar-refractivity contribution is 5.81. The molecule has 122 valence electrons. The van der Waals surface area contributed by atoms with Gasteiger partial charge >= 0.3 is 0 Å². The molecule has 6 nitrogen and oxygen atoms in total. The van der Waals surface area contributed by atoms with E-state index in [0.29, 0.717) is 17.1 Å². The molecule has 24 heavy (non-hydrogen) atoms. The summed E-state index contributed by atoms with van der Waals surface area (Å²) in [6.07, 6.45) is 0.965. The lowest BCUT2D eigenvalue weighted by molar-refractivity contribution is -0.138. The fourth-order valence-corrected chi connectivity index (χ4v) is 2.20. The molecule has 1 heterocycles. The number of carbonyl (C=O) groups is 1. The minimum Gasteiger partial charge on any atom is -0.480 e. The molecule has 1 unspecified atom stereocenters. The summed E-state index contributed by atoms with van der Waals surface area (Å²) in [6.45, 7) is 2.17. The van der Waals surface area contributed by atoms with E-state index >= 15 is 0 Å². The standard InChI is InChI=1S/C18H17N3O3/c1-14(24-17-8-3-2-6-15(17)12-20)18(22)21(10-5-9-19)13-16-7-4-11-23-16/h2-4,6-8,11,14H,5,10,13H2,1H3. The van der Waals surface area contributed by atoms with E-state index < -0.39 is 6.10 Å². The number of ether oxygens (including phenoxy) is 1. The molecule has 1 aromatic carbocycles. The molecule has 0 aliphatic rings. The van der Waals surface area contributed by atoms with Crippen LogP contribution in [0.4, 0.5) is 0 Å². The lowest BCUT2D eigenvalue weighted by Crippen LogP contribution is -2.40. The molecular weight excluding hydrogens is 306 g/mol. The third kappa shape index (κ3) is 4.37. The number of rotatable bonds is 7. The van der Waals surface area contributed by atoms with Crippen LogP contribution >= 0.6 is 0 Å². The van der Waals surface area contributed by atoms with Crippen LogP contribution < -0.4 is 4.74 Å². The Morgan fingerprint density at radius 3 is 2.75 bits per heavy atom. The van der Waals surface area contributed by atoms with Gasteiger partial charge in [-0.3, -0.25) is 4.79 Å². The monoisotopic (exact) mass is 323 g/mol. The third-order valence-corrected chi connectivity index (χ3v) is 3.39. The first kappa shape index (κ1) is 17.1. The molecule has 2 rings (SSSR count). The number of benzene rings is 1. The van der Waals surface area contributed by atoms with Gasteiger partial charge in [-0.1, -0.05) is 12.1 Å². The molecule has 0 saturated heterocycles. The third-order valence-electron chi connectivity index (χ3n) is 3.39. The van der Waals surface area contributed by atoms with Crippen LogP contribution in [0.5, 0.6) is 5.75 Å². The van der Waals surface area contributed by atoms with Gasteiger partial charge in [-0.2, -0.15) is 10.5 Å². The number of nitrogens with zero attached hydrogens (tertiary/aromatic N) is 3. The van der Waals surface area contributed by atoms with Crippen LogP contribution in [0.1, 0.15) is 24.7 Å². The second kappa shape index (κ2) is 8.40. The van der Waals surface area contributed by atoms with Crippen LogP contribution in [-0.4, -0.2) is 23.5 Å². The molecule has 0 fully saturated rings. The van der Waals surface area contributed by atoms with E-state index in [0.717, 1.165) is 0 Å². The average molecular weight is 323 g/mol. The maximum absolute atomic E-state index is 12.6. The van der Waals surface area contributed by atoms with E-state index in [1.165, 1.54) is 11.2 Å². The Morgan fingerprint density at radius 1 is 1.29 bits per heavy atom. The Morgan fingerprint density at radius 2 is 2.08 bits per heavy atom. The Balaban J connectivity index is 2.09. The van der Waals surface area contributed by atoms with Crippen LogP contribution in [0.3, 0.4) is 0 Å². The maximum Gasteiger partial charge on any atom is 0.263 e. The quantitative estimate of drug-likeness (QED) is 0.781. The van der Waals surface area contributed by atoms with Crippen molar-refractivity contribution in [1.82, 2.24) is 4.90 Å². The Hall–Kier alpha value is -3.25. The van der Waals surface area contributed by atoms with Gasteiger partial charge in [0.05, 0.1) is 30.9 Å². The summed E-state index contributed by atoms with van der Waals surface area (Å²) < 4.78 is 10.9. The molecule has 1 amide bonds.